The van der Waals surface area contributed by atoms with Crippen molar-refractivity contribution in [3.05, 3.63) is 52.6 Å². The average molecular weight is 483 g/mol. The maximum absolute atomic E-state index is 12.5. The Labute approximate surface area is 187 Å². The third-order valence-electron chi connectivity index (χ3n) is 4.64. The zero-order valence-electron chi connectivity index (χ0n) is 17.6. The first kappa shape index (κ1) is 24.6. The minimum Gasteiger partial charge on any atom is -0.497 e. The first-order valence-corrected chi connectivity index (χ1v) is 11.2. The number of ether oxygens (including phenoxy) is 3. The van der Waals surface area contributed by atoms with Crippen LogP contribution >= 0.6 is 7.82 Å². The molecule has 3 atom stereocenters. The van der Waals surface area contributed by atoms with Crippen LogP contribution in [-0.4, -0.2) is 57.1 Å². The molecular weight excluding hydrogens is 461 g/mol. The summed E-state index contributed by atoms with van der Waals surface area (Å²) in [7, 11) is -3.28. The number of nitrogens with one attached hydrogen (secondary N) is 1. The molecule has 1 amide bonds. The average Bonchev–Trinajstić information content (AvgIpc) is 3.13. The molecule has 1 aliphatic rings. The molecule has 0 unspecified atom stereocenters. The Morgan fingerprint density at radius 1 is 1.27 bits per heavy atom. The molecule has 13 nitrogen and oxygen atoms in total. The van der Waals surface area contributed by atoms with Crippen LogP contribution in [0.4, 0.5) is 5.82 Å². The van der Waals surface area contributed by atoms with Crippen molar-refractivity contribution in [1.29, 1.82) is 0 Å². The number of carbonyl (C=O) groups is 2. The van der Waals surface area contributed by atoms with Gasteiger partial charge in [0, 0.05) is 25.1 Å². The summed E-state index contributed by atoms with van der Waals surface area (Å²) >= 11 is 0. The van der Waals surface area contributed by atoms with Crippen molar-refractivity contribution in [3.8, 4) is 5.75 Å². The summed E-state index contributed by atoms with van der Waals surface area (Å²) in [6.45, 7) is 0.610. The van der Waals surface area contributed by atoms with Gasteiger partial charge in [0.05, 0.1) is 13.7 Å². The summed E-state index contributed by atoms with van der Waals surface area (Å²) in [4.78, 5) is 57.9. The second kappa shape index (κ2) is 10.2. The second-order valence-corrected chi connectivity index (χ2v) is 8.22. The predicted molar refractivity (Wildman–Crippen MR) is 112 cm³/mol. The molecule has 178 valence electrons. The van der Waals surface area contributed by atoms with Gasteiger partial charge < -0.3 is 29.3 Å². The van der Waals surface area contributed by atoms with E-state index in [2.05, 4.69) is 14.8 Å². The van der Waals surface area contributed by atoms with Crippen molar-refractivity contribution in [2.24, 2.45) is 0 Å². The number of rotatable bonds is 8. The monoisotopic (exact) mass is 483 g/mol. The zero-order valence-corrected chi connectivity index (χ0v) is 18.5. The van der Waals surface area contributed by atoms with Crippen molar-refractivity contribution in [1.82, 2.24) is 9.55 Å². The molecule has 0 aliphatic carbocycles. The van der Waals surface area contributed by atoms with Crippen molar-refractivity contribution in [2.45, 2.75) is 31.8 Å². The number of carbonyl (C=O) groups excluding carboxylic acids is 2. The lowest BCUT2D eigenvalue weighted by molar-refractivity contribution is -0.150. The number of amides is 1. The fourth-order valence-corrected chi connectivity index (χ4v) is 3.50. The Morgan fingerprint density at radius 2 is 1.97 bits per heavy atom. The molecule has 0 radical (unpaired) electrons. The number of hydrogen-bond acceptors (Lipinski definition) is 9. The molecule has 2 aromatic rings. The molecule has 0 saturated carbocycles. The molecule has 0 bridgehead atoms. The van der Waals surface area contributed by atoms with E-state index in [1.807, 2.05) is 0 Å². The number of anilines is 1. The van der Waals surface area contributed by atoms with Gasteiger partial charge in [-0.1, -0.05) is 0 Å². The number of phosphoric acid groups is 1. The molecule has 0 spiro atoms. The van der Waals surface area contributed by atoms with E-state index in [1.54, 1.807) is 24.3 Å². The Balaban J connectivity index is 1.71. The highest BCUT2D eigenvalue weighted by Crippen LogP contribution is 2.38. The number of esters is 1. The summed E-state index contributed by atoms with van der Waals surface area (Å²) < 4.78 is 32.3. The SMILES string of the molecule is COc1ccc(C(=O)Nc2ccn([C@H]3C[C@H](OC(C)=O)[C@@H](COP(=O)(O)O)O3)c(=O)n2)cc1. The van der Waals surface area contributed by atoms with E-state index in [1.165, 1.54) is 26.3 Å². The van der Waals surface area contributed by atoms with Gasteiger partial charge in [0.2, 0.25) is 0 Å². The van der Waals surface area contributed by atoms with Gasteiger partial charge in [0.15, 0.2) is 0 Å². The van der Waals surface area contributed by atoms with Gasteiger partial charge in [-0.25, -0.2) is 9.36 Å². The van der Waals surface area contributed by atoms with Crippen molar-refractivity contribution >= 4 is 25.5 Å². The minimum absolute atomic E-state index is 0.00739. The van der Waals surface area contributed by atoms with Crippen molar-refractivity contribution < 1.29 is 42.7 Å². The number of phosphoric ester groups is 1. The van der Waals surface area contributed by atoms with Crippen LogP contribution in [0.2, 0.25) is 0 Å². The van der Waals surface area contributed by atoms with Crippen LogP contribution in [0.3, 0.4) is 0 Å². The quantitative estimate of drug-likeness (QED) is 0.358. The molecule has 14 heteroatoms. The van der Waals surface area contributed by atoms with Crippen molar-refractivity contribution in [3.63, 3.8) is 0 Å². The molecule has 1 saturated heterocycles. The third-order valence-corrected chi connectivity index (χ3v) is 5.12. The fourth-order valence-electron chi connectivity index (χ4n) is 3.16. The maximum Gasteiger partial charge on any atom is 0.469 e. The summed E-state index contributed by atoms with van der Waals surface area (Å²) in [6.07, 6.45) is -1.51. The van der Waals surface area contributed by atoms with Crippen LogP contribution in [0, 0.1) is 0 Å². The van der Waals surface area contributed by atoms with Crippen LogP contribution in [0.25, 0.3) is 0 Å². The predicted octanol–water partition coefficient (Wildman–Crippen LogP) is 0.833. The first-order valence-electron chi connectivity index (χ1n) is 9.63. The summed E-state index contributed by atoms with van der Waals surface area (Å²) in [6, 6.07) is 7.72. The molecule has 3 rings (SSSR count). The van der Waals surface area contributed by atoms with Gasteiger partial charge >= 0.3 is 19.5 Å². The smallest absolute Gasteiger partial charge is 0.469 e. The van der Waals surface area contributed by atoms with E-state index in [0.717, 1.165) is 4.57 Å². The minimum atomic E-state index is -4.78. The fraction of sp³-hybridized carbons (Fsp3) is 0.368. The van der Waals surface area contributed by atoms with E-state index in [0.29, 0.717) is 11.3 Å². The number of nitrogens with zero attached hydrogens (tertiary/aromatic N) is 2. The van der Waals surface area contributed by atoms with Crippen LogP contribution < -0.4 is 15.7 Å². The Kier molecular flexibility index (Phi) is 7.61. The van der Waals surface area contributed by atoms with Gasteiger partial charge in [-0.15, -0.1) is 0 Å². The third kappa shape index (κ3) is 6.70. The zero-order chi connectivity index (χ0) is 24.2. The second-order valence-electron chi connectivity index (χ2n) is 6.98. The number of hydrogen-bond donors (Lipinski definition) is 3. The normalized spacial score (nSPS) is 20.3. The number of methoxy groups -OCH3 is 1. The molecule has 3 N–H and O–H groups in total. The highest BCUT2D eigenvalue weighted by Gasteiger charge is 2.40. The summed E-state index contributed by atoms with van der Waals surface area (Å²) in [5.74, 6) is -0.523. The molecule has 33 heavy (non-hydrogen) atoms. The van der Waals surface area contributed by atoms with Crippen LogP contribution in [0.1, 0.15) is 29.9 Å². The Hall–Kier alpha value is -3.09. The highest BCUT2D eigenvalue weighted by atomic mass is 31.2. The van der Waals surface area contributed by atoms with Crippen LogP contribution in [0.5, 0.6) is 5.75 Å². The lowest BCUT2D eigenvalue weighted by Crippen LogP contribution is -2.30. The molecular formula is C19H22N3O10P. The standard InChI is InChI=1S/C19H22N3O10P/c1-11(23)31-14-9-17(32-15(14)10-30-33(26,27)28)22-8-7-16(21-19(22)25)20-18(24)12-3-5-13(29-2)6-4-12/h3-8,14-15,17H,9-10H2,1-2H3,(H2,26,27,28)(H,20,21,24,25)/t14-,15+,17+/m0/s1. The highest BCUT2D eigenvalue weighted by molar-refractivity contribution is 7.46. The molecule has 1 aromatic carbocycles. The summed E-state index contributed by atoms with van der Waals surface area (Å²) in [5, 5.41) is 2.51. The lowest BCUT2D eigenvalue weighted by atomic mass is 10.2. The number of benzene rings is 1. The van der Waals surface area contributed by atoms with Gasteiger partial charge in [0.25, 0.3) is 5.91 Å². The van der Waals surface area contributed by atoms with E-state index in [9.17, 15) is 18.9 Å². The van der Waals surface area contributed by atoms with Gasteiger partial charge in [-0.05, 0) is 30.3 Å². The Bertz CT molecular complexity index is 1110. The molecule has 1 fully saturated rings. The lowest BCUT2D eigenvalue weighted by Gasteiger charge is -2.18. The van der Waals surface area contributed by atoms with Gasteiger partial charge in [-0.2, -0.15) is 4.98 Å². The van der Waals surface area contributed by atoms with E-state index < -0.39 is 50.4 Å². The maximum atomic E-state index is 12.5. The number of aromatic nitrogens is 2. The van der Waals surface area contributed by atoms with Crippen molar-refractivity contribution in [2.75, 3.05) is 19.0 Å². The first-order chi connectivity index (χ1) is 15.6. The van der Waals surface area contributed by atoms with Crippen LogP contribution in [-0.2, 0) is 23.4 Å². The Morgan fingerprint density at radius 3 is 2.55 bits per heavy atom. The van der Waals surface area contributed by atoms with E-state index >= 15 is 0 Å². The largest absolute Gasteiger partial charge is 0.497 e. The van der Waals surface area contributed by atoms with Crippen LogP contribution in [0.15, 0.2) is 41.3 Å². The van der Waals surface area contributed by atoms with E-state index in [-0.39, 0.29) is 12.2 Å². The summed E-state index contributed by atoms with van der Waals surface area (Å²) in [5.41, 5.74) is -0.427. The van der Waals surface area contributed by atoms with E-state index in [4.69, 9.17) is 24.0 Å². The topological polar surface area (TPSA) is 176 Å². The molecule has 1 aliphatic heterocycles. The molecule has 1 aromatic heterocycles. The van der Waals surface area contributed by atoms with Gasteiger partial charge in [-0.3, -0.25) is 18.7 Å². The molecule has 2 heterocycles. The van der Waals surface area contributed by atoms with Gasteiger partial charge in [0.1, 0.15) is 30.0 Å².